The van der Waals surface area contributed by atoms with E-state index in [1.165, 1.54) is 0 Å². The molecule has 0 atom stereocenters. The van der Waals surface area contributed by atoms with Gasteiger partial charge in [-0.3, -0.25) is 0 Å². The number of para-hydroxylation sites is 2. The maximum Gasteiger partial charge on any atom is 0.138 e. The van der Waals surface area contributed by atoms with Gasteiger partial charge in [0.2, 0.25) is 0 Å². The van der Waals surface area contributed by atoms with E-state index in [-0.39, 0.29) is 0 Å². The van der Waals surface area contributed by atoms with Crippen LogP contribution in [0.1, 0.15) is 0 Å². The van der Waals surface area contributed by atoms with E-state index in [4.69, 9.17) is 9.97 Å². The standard InChI is InChI=1S/C22H15N3S/c1-2-7-15(8-3-1)20-14-26-22(25-20)17-10-6-9-16(13-17)21-23-18-11-4-5-12-19(18)24-21/h1-14H,(H,23,24). The van der Waals surface area contributed by atoms with E-state index >= 15 is 0 Å². The molecule has 26 heavy (non-hydrogen) atoms. The lowest BCUT2D eigenvalue weighted by Crippen LogP contribution is -1.83. The van der Waals surface area contributed by atoms with Gasteiger partial charge in [-0.05, 0) is 18.2 Å². The summed E-state index contributed by atoms with van der Waals surface area (Å²) < 4.78 is 0. The molecule has 0 saturated carbocycles. The van der Waals surface area contributed by atoms with Crippen LogP contribution in [0.2, 0.25) is 0 Å². The molecule has 0 spiro atoms. The van der Waals surface area contributed by atoms with Crippen LogP contribution in [0.4, 0.5) is 0 Å². The Morgan fingerprint density at radius 1 is 0.692 bits per heavy atom. The molecule has 124 valence electrons. The molecular weight excluding hydrogens is 338 g/mol. The molecule has 5 aromatic rings. The quantitative estimate of drug-likeness (QED) is 0.431. The average molecular weight is 353 g/mol. The predicted octanol–water partition coefficient (Wildman–Crippen LogP) is 6.02. The maximum atomic E-state index is 4.82. The molecule has 0 saturated heterocycles. The first-order valence-corrected chi connectivity index (χ1v) is 9.31. The van der Waals surface area contributed by atoms with Crippen LogP contribution in [0.5, 0.6) is 0 Å². The molecule has 3 nitrogen and oxygen atoms in total. The molecule has 0 unspecified atom stereocenters. The molecule has 4 heteroatoms. The lowest BCUT2D eigenvalue weighted by molar-refractivity contribution is 1.33. The molecule has 0 bridgehead atoms. The number of thiazole rings is 1. The minimum absolute atomic E-state index is 0.882. The van der Waals surface area contributed by atoms with E-state index in [1.54, 1.807) is 11.3 Å². The topological polar surface area (TPSA) is 41.6 Å². The van der Waals surface area contributed by atoms with Gasteiger partial charge in [0.25, 0.3) is 0 Å². The monoisotopic (exact) mass is 353 g/mol. The number of hydrogen-bond donors (Lipinski definition) is 1. The summed E-state index contributed by atoms with van der Waals surface area (Å²) in [7, 11) is 0. The van der Waals surface area contributed by atoms with E-state index in [2.05, 4.69) is 46.8 Å². The lowest BCUT2D eigenvalue weighted by atomic mass is 10.1. The number of aromatic nitrogens is 3. The van der Waals surface area contributed by atoms with Crippen molar-refractivity contribution in [2.24, 2.45) is 0 Å². The zero-order valence-electron chi connectivity index (χ0n) is 13.9. The van der Waals surface area contributed by atoms with Gasteiger partial charge in [0.05, 0.1) is 16.7 Å². The van der Waals surface area contributed by atoms with Crippen molar-refractivity contribution in [2.75, 3.05) is 0 Å². The maximum absolute atomic E-state index is 4.82. The molecule has 3 aromatic carbocycles. The smallest absolute Gasteiger partial charge is 0.138 e. The first kappa shape index (κ1) is 15.0. The van der Waals surface area contributed by atoms with Crippen LogP contribution >= 0.6 is 11.3 Å². The second-order valence-corrected chi connectivity index (χ2v) is 6.95. The molecule has 0 radical (unpaired) electrons. The summed E-state index contributed by atoms with van der Waals surface area (Å²) in [4.78, 5) is 12.9. The van der Waals surface area contributed by atoms with Crippen LogP contribution < -0.4 is 0 Å². The van der Waals surface area contributed by atoms with Gasteiger partial charge in [-0.25, -0.2) is 9.97 Å². The SMILES string of the molecule is c1ccc(-c2csc(-c3cccc(-c4nc5ccccc5[nH]4)c3)n2)cc1. The Hall–Kier alpha value is -3.24. The van der Waals surface area contributed by atoms with Gasteiger partial charge in [-0.2, -0.15) is 0 Å². The van der Waals surface area contributed by atoms with Crippen LogP contribution in [-0.4, -0.2) is 15.0 Å². The number of benzene rings is 3. The van der Waals surface area contributed by atoms with E-state index in [0.29, 0.717) is 0 Å². The fourth-order valence-corrected chi connectivity index (χ4v) is 3.86. The largest absolute Gasteiger partial charge is 0.338 e. The Morgan fingerprint density at radius 3 is 2.35 bits per heavy atom. The highest BCUT2D eigenvalue weighted by molar-refractivity contribution is 7.13. The van der Waals surface area contributed by atoms with Crippen LogP contribution in [-0.2, 0) is 0 Å². The first-order valence-electron chi connectivity index (χ1n) is 8.43. The number of H-pyrrole nitrogens is 1. The predicted molar refractivity (Wildman–Crippen MR) is 108 cm³/mol. The summed E-state index contributed by atoms with van der Waals surface area (Å²) in [5.74, 6) is 0.882. The van der Waals surface area contributed by atoms with Gasteiger partial charge in [0.1, 0.15) is 10.8 Å². The second kappa shape index (κ2) is 6.24. The molecule has 0 fully saturated rings. The number of nitrogens with zero attached hydrogens (tertiary/aromatic N) is 2. The minimum atomic E-state index is 0.882. The fourth-order valence-electron chi connectivity index (χ4n) is 3.04. The van der Waals surface area contributed by atoms with Crippen LogP contribution in [0.15, 0.2) is 84.2 Å². The summed E-state index contributed by atoms with van der Waals surface area (Å²) >= 11 is 1.66. The number of nitrogens with one attached hydrogen (secondary N) is 1. The summed E-state index contributed by atoms with van der Waals surface area (Å²) in [6, 6.07) is 26.7. The van der Waals surface area contributed by atoms with Gasteiger partial charge in [0, 0.05) is 22.1 Å². The zero-order valence-corrected chi connectivity index (χ0v) is 14.7. The molecule has 2 heterocycles. The highest BCUT2D eigenvalue weighted by Gasteiger charge is 2.09. The highest BCUT2D eigenvalue weighted by Crippen LogP contribution is 2.31. The Balaban J connectivity index is 1.53. The van der Waals surface area contributed by atoms with Gasteiger partial charge in [-0.15, -0.1) is 11.3 Å². The second-order valence-electron chi connectivity index (χ2n) is 6.09. The fraction of sp³-hybridized carbons (Fsp3) is 0. The van der Waals surface area contributed by atoms with Gasteiger partial charge >= 0.3 is 0 Å². The van der Waals surface area contributed by atoms with Crippen molar-refractivity contribution in [1.29, 1.82) is 0 Å². The molecule has 2 aromatic heterocycles. The number of imidazole rings is 1. The molecule has 5 rings (SSSR count). The van der Waals surface area contributed by atoms with E-state index in [9.17, 15) is 0 Å². The molecule has 0 amide bonds. The van der Waals surface area contributed by atoms with Crippen molar-refractivity contribution in [1.82, 2.24) is 15.0 Å². The van der Waals surface area contributed by atoms with E-state index < -0.39 is 0 Å². The van der Waals surface area contributed by atoms with E-state index in [1.807, 2.05) is 42.5 Å². The average Bonchev–Trinajstić information content (AvgIpc) is 3.36. The van der Waals surface area contributed by atoms with Crippen molar-refractivity contribution < 1.29 is 0 Å². The van der Waals surface area contributed by atoms with Crippen molar-refractivity contribution >= 4 is 22.4 Å². The Bertz CT molecular complexity index is 1160. The van der Waals surface area contributed by atoms with Crippen LogP contribution in [0.3, 0.4) is 0 Å². The summed E-state index contributed by atoms with van der Waals surface area (Å²) in [5, 5.41) is 3.13. The molecule has 1 N–H and O–H groups in total. The van der Waals surface area contributed by atoms with E-state index in [0.717, 1.165) is 44.2 Å². The molecular formula is C22H15N3S. The Kier molecular flexibility index (Phi) is 3.61. The third-order valence-corrected chi connectivity index (χ3v) is 5.24. The number of rotatable bonds is 3. The van der Waals surface area contributed by atoms with Gasteiger partial charge in [0.15, 0.2) is 0 Å². The Morgan fingerprint density at radius 2 is 1.46 bits per heavy atom. The van der Waals surface area contributed by atoms with Gasteiger partial charge in [-0.1, -0.05) is 60.7 Å². The number of hydrogen-bond acceptors (Lipinski definition) is 3. The number of fused-ring (bicyclic) bond motifs is 1. The van der Waals surface area contributed by atoms with Crippen molar-refractivity contribution in [3.63, 3.8) is 0 Å². The minimum Gasteiger partial charge on any atom is -0.338 e. The lowest BCUT2D eigenvalue weighted by Gasteiger charge is -2.01. The van der Waals surface area contributed by atoms with Crippen molar-refractivity contribution in [2.45, 2.75) is 0 Å². The van der Waals surface area contributed by atoms with Gasteiger partial charge < -0.3 is 4.98 Å². The molecule has 0 aliphatic carbocycles. The normalized spacial score (nSPS) is 11.1. The zero-order chi connectivity index (χ0) is 17.3. The third kappa shape index (κ3) is 2.70. The summed E-state index contributed by atoms with van der Waals surface area (Å²) in [6.45, 7) is 0. The first-order chi connectivity index (χ1) is 12.9. The molecule has 0 aliphatic rings. The van der Waals surface area contributed by atoms with Crippen molar-refractivity contribution in [3.8, 4) is 33.2 Å². The molecule has 0 aliphatic heterocycles. The van der Waals surface area contributed by atoms with Crippen LogP contribution in [0.25, 0.3) is 44.2 Å². The number of aromatic amines is 1. The van der Waals surface area contributed by atoms with Crippen molar-refractivity contribution in [3.05, 3.63) is 84.2 Å². The van der Waals surface area contributed by atoms with Crippen LogP contribution in [0, 0.1) is 0 Å². The third-order valence-electron chi connectivity index (χ3n) is 4.35. The Labute approximate surface area is 155 Å². The highest BCUT2D eigenvalue weighted by atomic mass is 32.1. The summed E-state index contributed by atoms with van der Waals surface area (Å²) in [6.07, 6.45) is 0. The summed E-state index contributed by atoms with van der Waals surface area (Å²) in [5.41, 5.74) is 6.36.